The first kappa shape index (κ1) is 11.6. The molecule has 0 radical (unpaired) electrons. The van der Waals surface area contributed by atoms with Crippen LogP contribution in [-0.4, -0.2) is 33.4 Å². The molecule has 1 aromatic rings. The fraction of sp³-hybridized carbons (Fsp3) is 0.538. The van der Waals surface area contributed by atoms with E-state index in [1.165, 1.54) is 11.1 Å². The molecule has 2 N–H and O–H groups in total. The smallest absolute Gasteiger partial charge is 0.0587 e. The number of benzene rings is 1. The third-order valence-electron chi connectivity index (χ3n) is 3.07. The van der Waals surface area contributed by atoms with Crippen molar-refractivity contribution in [1.29, 1.82) is 0 Å². The Morgan fingerprint density at radius 2 is 2.31 bits per heavy atom. The lowest BCUT2D eigenvalue weighted by atomic mass is 9.91. The van der Waals surface area contributed by atoms with Gasteiger partial charge >= 0.3 is 0 Å². The predicted octanol–water partition coefficient (Wildman–Crippen LogP) is 1.11. The first-order valence-corrected chi connectivity index (χ1v) is 5.90. The zero-order valence-electron chi connectivity index (χ0n) is 9.83. The minimum Gasteiger partial charge on any atom is -0.383 e. The van der Waals surface area contributed by atoms with Gasteiger partial charge in [-0.25, -0.2) is 0 Å². The molecule has 3 heteroatoms. The highest BCUT2D eigenvalue weighted by atomic mass is 16.5. The Kier molecular flexibility index (Phi) is 4.34. The van der Waals surface area contributed by atoms with E-state index in [1.807, 2.05) is 0 Å². The number of hydrogen-bond donors (Lipinski definition) is 2. The van der Waals surface area contributed by atoms with Crippen LogP contribution in [0.5, 0.6) is 0 Å². The molecule has 1 heterocycles. The monoisotopic (exact) mass is 220 g/mol. The average molecular weight is 220 g/mol. The summed E-state index contributed by atoms with van der Waals surface area (Å²) in [5.74, 6) is 0.585. The van der Waals surface area contributed by atoms with E-state index in [-0.39, 0.29) is 0 Å². The van der Waals surface area contributed by atoms with Gasteiger partial charge in [0.05, 0.1) is 6.61 Å². The topological polar surface area (TPSA) is 33.3 Å². The van der Waals surface area contributed by atoms with E-state index < -0.39 is 0 Å². The molecule has 0 aromatic heterocycles. The Bertz CT molecular complexity index is 327. The zero-order chi connectivity index (χ0) is 11.2. The van der Waals surface area contributed by atoms with E-state index in [9.17, 15) is 0 Å². The maximum Gasteiger partial charge on any atom is 0.0587 e. The second-order valence-electron chi connectivity index (χ2n) is 4.22. The maximum atomic E-state index is 5.02. The van der Waals surface area contributed by atoms with Crippen LogP contribution < -0.4 is 10.6 Å². The van der Waals surface area contributed by atoms with Gasteiger partial charge in [0.15, 0.2) is 0 Å². The molecule has 16 heavy (non-hydrogen) atoms. The molecule has 3 nitrogen and oxygen atoms in total. The minimum absolute atomic E-state index is 0.585. The summed E-state index contributed by atoms with van der Waals surface area (Å²) in [6, 6.07) is 8.70. The molecule has 0 fully saturated rings. The van der Waals surface area contributed by atoms with Crippen LogP contribution in [0, 0.1) is 0 Å². The summed E-state index contributed by atoms with van der Waals surface area (Å²) >= 11 is 0. The molecule has 0 aliphatic carbocycles. The van der Waals surface area contributed by atoms with Gasteiger partial charge in [0.2, 0.25) is 0 Å². The number of fused-ring (bicyclic) bond motifs is 1. The lowest BCUT2D eigenvalue weighted by Crippen LogP contribution is -2.35. The van der Waals surface area contributed by atoms with Crippen LogP contribution >= 0.6 is 0 Å². The molecule has 0 amide bonds. The van der Waals surface area contributed by atoms with Gasteiger partial charge < -0.3 is 15.4 Å². The Morgan fingerprint density at radius 3 is 3.19 bits per heavy atom. The van der Waals surface area contributed by atoms with Crippen LogP contribution in [0.15, 0.2) is 24.3 Å². The summed E-state index contributed by atoms with van der Waals surface area (Å²) in [6.07, 6.45) is 0. The normalized spacial score (nSPS) is 19.4. The van der Waals surface area contributed by atoms with Crippen molar-refractivity contribution in [3.63, 3.8) is 0 Å². The second kappa shape index (κ2) is 5.99. The van der Waals surface area contributed by atoms with Crippen molar-refractivity contribution in [1.82, 2.24) is 10.6 Å². The lowest BCUT2D eigenvalue weighted by Gasteiger charge is -2.26. The summed E-state index contributed by atoms with van der Waals surface area (Å²) in [6.45, 7) is 4.80. The second-order valence-corrected chi connectivity index (χ2v) is 4.22. The summed E-state index contributed by atoms with van der Waals surface area (Å²) in [4.78, 5) is 0. The van der Waals surface area contributed by atoms with Gasteiger partial charge in [0.25, 0.3) is 0 Å². The number of methoxy groups -OCH3 is 1. The number of hydrogen-bond acceptors (Lipinski definition) is 3. The maximum absolute atomic E-state index is 5.02. The summed E-state index contributed by atoms with van der Waals surface area (Å²) in [5, 5.41) is 6.89. The average Bonchev–Trinajstić information content (AvgIpc) is 2.35. The molecule has 0 saturated heterocycles. The summed E-state index contributed by atoms with van der Waals surface area (Å²) in [5.41, 5.74) is 2.93. The van der Waals surface area contributed by atoms with E-state index in [2.05, 4.69) is 34.9 Å². The molecule has 1 unspecified atom stereocenters. The molecular weight excluding hydrogens is 200 g/mol. The van der Waals surface area contributed by atoms with Crippen LogP contribution in [-0.2, 0) is 11.3 Å². The van der Waals surface area contributed by atoms with Crippen molar-refractivity contribution in [2.45, 2.75) is 12.5 Å². The van der Waals surface area contributed by atoms with E-state index in [4.69, 9.17) is 4.74 Å². The zero-order valence-corrected chi connectivity index (χ0v) is 9.83. The minimum atomic E-state index is 0.585. The molecule has 1 aliphatic rings. The van der Waals surface area contributed by atoms with Crippen molar-refractivity contribution in [3.8, 4) is 0 Å². The SMILES string of the molecule is COCCNCC1CNCc2ccccc21. The summed E-state index contributed by atoms with van der Waals surface area (Å²) in [7, 11) is 1.74. The largest absolute Gasteiger partial charge is 0.383 e. The Hall–Kier alpha value is -0.900. The van der Waals surface area contributed by atoms with Crippen molar-refractivity contribution < 1.29 is 4.74 Å². The number of rotatable bonds is 5. The Labute approximate surface area is 97.2 Å². The molecule has 1 aromatic carbocycles. The van der Waals surface area contributed by atoms with Gasteiger partial charge in [0, 0.05) is 39.2 Å². The lowest BCUT2D eigenvalue weighted by molar-refractivity contribution is 0.198. The quantitative estimate of drug-likeness (QED) is 0.729. The molecule has 2 rings (SSSR count). The van der Waals surface area contributed by atoms with E-state index >= 15 is 0 Å². The molecule has 1 atom stereocenters. The first-order valence-electron chi connectivity index (χ1n) is 5.90. The van der Waals surface area contributed by atoms with Crippen LogP contribution in [0.1, 0.15) is 17.0 Å². The third kappa shape index (κ3) is 2.82. The molecule has 1 aliphatic heterocycles. The fourth-order valence-electron chi connectivity index (χ4n) is 2.22. The first-order chi connectivity index (χ1) is 7.92. The molecular formula is C13H20N2O. The van der Waals surface area contributed by atoms with Crippen molar-refractivity contribution in [2.75, 3.05) is 33.4 Å². The van der Waals surface area contributed by atoms with Crippen LogP contribution in [0.3, 0.4) is 0 Å². The predicted molar refractivity (Wildman–Crippen MR) is 65.6 cm³/mol. The van der Waals surface area contributed by atoms with Crippen LogP contribution in [0.25, 0.3) is 0 Å². The van der Waals surface area contributed by atoms with Gasteiger partial charge in [0.1, 0.15) is 0 Å². The highest BCUT2D eigenvalue weighted by Gasteiger charge is 2.18. The van der Waals surface area contributed by atoms with Gasteiger partial charge in [-0.1, -0.05) is 24.3 Å². The summed E-state index contributed by atoms with van der Waals surface area (Å²) < 4.78 is 5.02. The van der Waals surface area contributed by atoms with Gasteiger partial charge in [-0.15, -0.1) is 0 Å². The van der Waals surface area contributed by atoms with Crippen LogP contribution in [0.2, 0.25) is 0 Å². The number of nitrogens with one attached hydrogen (secondary N) is 2. The molecule has 0 spiro atoms. The standard InChI is InChI=1S/C13H20N2O/c1-16-7-6-14-9-12-10-15-8-11-4-2-3-5-13(11)12/h2-5,12,14-15H,6-10H2,1H3. The van der Waals surface area contributed by atoms with E-state index in [0.717, 1.165) is 32.8 Å². The van der Waals surface area contributed by atoms with Gasteiger partial charge in [-0.05, 0) is 11.1 Å². The third-order valence-corrected chi connectivity index (χ3v) is 3.07. The van der Waals surface area contributed by atoms with E-state index in [0.29, 0.717) is 5.92 Å². The van der Waals surface area contributed by atoms with Crippen molar-refractivity contribution >= 4 is 0 Å². The molecule has 0 bridgehead atoms. The highest BCUT2D eigenvalue weighted by Crippen LogP contribution is 2.22. The number of ether oxygens (including phenoxy) is 1. The Morgan fingerprint density at radius 1 is 1.44 bits per heavy atom. The van der Waals surface area contributed by atoms with Crippen molar-refractivity contribution in [3.05, 3.63) is 35.4 Å². The van der Waals surface area contributed by atoms with E-state index in [1.54, 1.807) is 7.11 Å². The highest BCUT2D eigenvalue weighted by molar-refractivity contribution is 5.32. The van der Waals surface area contributed by atoms with Gasteiger partial charge in [-0.3, -0.25) is 0 Å². The van der Waals surface area contributed by atoms with Crippen molar-refractivity contribution in [2.24, 2.45) is 0 Å². The molecule has 88 valence electrons. The van der Waals surface area contributed by atoms with Crippen LogP contribution in [0.4, 0.5) is 0 Å². The Balaban J connectivity index is 1.91. The fourth-order valence-corrected chi connectivity index (χ4v) is 2.22. The molecule has 0 saturated carbocycles. The van der Waals surface area contributed by atoms with Gasteiger partial charge in [-0.2, -0.15) is 0 Å².